The van der Waals surface area contributed by atoms with Gasteiger partial charge in [0.25, 0.3) is 0 Å². The van der Waals surface area contributed by atoms with Crippen LogP contribution in [0.15, 0.2) is 54.3 Å². The smallest absolute Gasteiger partial charge is 0.353 e. The summed E-state index contributed by atoms with van der Waals surface area (Å²) >= 11 is 0. The number of piperidine rings is 1. The maximum atomic E-state index is 13.2. The molecule has 2 aromatic carbocycles. The molecule has 1 saturated heterocycles. The molecule has 0 aromatic heterocycles. The molecule has 4 aliphatic rings. The molecular formula is C34H35NO14. The van der Waals surface area contributed by atoms with Gasteiger partial charge in [-0.2, -0.15) is 0 Å². The fraction of sp³-hybridized carbons (Fsp3) is 0.441. The molecule has 1 fully saturated rings. The molecule has 0 amide bonds. The summed E-state index contributed by atoms with van der Waals surface area (Å²) in [5, 5.41) is 51.3. The molecule has 2 bridgehead atoms. The Morgan fingerprint density at radius 2 is 1.76 bits per heavy atom. The Hall–Kier alpha value is -4.83. The number of aliphatic hydroxyl groups is 3. The monoisotopic (exact) mass is 681 g/mol. The van der Waals surface area contributed by atoms with Crippen LogP contribution in [0.1, 0.15) is 54.0 Å². The molecule has 15 nitrogen and oxygen atoms in total. The molecule has 49 heavy (non-hydrogen) atoms. The number of likely N-dealkylation sites (tertiary alicyclic amines) is 1. The van der Waals surface area contributed by atoms with Crippen LogP contribution in [0.25, 0.3) is 0 Å². The lowest BCUT2D eigenvalue weighted by molar-refractivity contribution is -0.183. The second-order valence-electron chi connectivity index (χ2n) is 12.7. The Labute approximate surface area is 279 Å². The summed E-state index contributed by atoms with van der Waals surface area (Å²) in [5.74, 6) is -6.68. The Morgan fingerprint density at radius 1 is 1.02 bits per heavy atom. The first-order valence-electron chi connectivity index (χ1n) is 15.7. The second kappa shape index (κ2) is 12.9. The molecule has 15 heteroatoms. The highest BCUT2D eigenvalue weighted by molar-refractivity contribution is 5.87. The van der Waals surface area contributed by atoms with Gasteiger partial charge in [-0.15, -0.1) is 0 Å². The van der Waals surface area contributed by atoms with Crippen molar-refractivity contribution in [3.63, 3.8) is 0 Å². The van der Waals surface area contributed by atoms with Gasteiger partial charge in [-0.1, -0.05) is 42.5 Å². The van der Waals surface area contributed by atoms with E-state index in [9.17, 15) is 44.4 Å². The first kappa shape index (κ1) is 34.0. The van der Waals surface area contributed by atoms with Crippen molar-refractivity contribution < 1.29 is 68.5 Å². The Kier molecular flexibility index (Phi) is 8.96. The molecule has 0 radical (unpaired) electrons. The zero-order chi connectivity index (χ0) is 35.2. The molecule has 2 aliphatic carbocycles. The Bertz CT molecular complexity index is 1720. The lowest BCUT2D eigenvalue weighted by Gasteiger charge is -2.61. The molecule has 2 aliphatic heterocycles. The summed E-state index contributed by atoms with van der Waals surface area (Å²) in [4.78, 5) is 63.7. The number of carbonyl (C=O) groups excluding carboxylic acids is 3. The van der Waals surface area contributed by atoms with E-state index < -0.39 is 78.1 Å². The number of aliphatic hydroxyl groups excluding tert-OH is 2. The molecule has 2 aromatic rings. The first-order valence-corrected chi connectivity index (χ1v) is 15.7. The van der Waals surface area contributed by atoms with Crippen molar-refractivity contribution in [3.05, 3.63) is 76.6 Å². The summed E-state index contributed by atoms with van der Waals surface area (Å²) in [6.45, 7) is 0.309. The number of likely N-dealkylation sites (N-methyl/N-ethyl adjacent to an activating group) is 1. The van der Waals surface area contributed by atoms with E-state index in [2.05, 4.69) is 4.90 Å². The summed E-state index contributed by atoms with van der Waals surface area (Å²) in [6.07, 6.45) is -6.35. The van der Waals surface area contributed by atoms with Gasteiger partial charge in [0.15, 0.2) is 12.2 Å². The average molecular weight is 682 g/mol. The number of ether oxygens (including phenoxy) is 4. The number of carboxylic acid groups (broad SMARTS) is 2. The minimum atomic E-state index is -2.14. The number of carboxylic acids is 2. The second-order valence-corrected chi connectivity index (χ2v) is 12.7. The van der Waals surface area contributed by atoms with Crippen molar-refractivity contribution in [3.8, 4) is 5.75 Å². The van der Waals surface area contributed by atoms with Crippen molar-refractivity contribution in [2.75, 3.05) is 13.6 Å². The van der Waals surface area contributed by atoms with E-state index in [0.717, 1.165) is 11.1 Å². The van der Waals surface area contributed by atoms with Crippen molar-refractivity contribution in [2.24, 2.45) is 0 Å². The molecule has 7 atom stereocenters. The van der Waals surface area contributed by atoms with Crippen LogP contribution < -0.4 is 4.74 Å². The van der Waals surface area contributed by atoms with Crippen LogP contribution in [-0.2, 0) is 56.6 Å². The van der Waals surface area contributed by atoms with E-state index in [-0.39, 0.29) is 30.4 Å². The largest absolute Gasteiger partial charge is 0.481 e. The van der Waals surface area contributed by atoms with Gasteiger partial charge in [0.1, 0.15) is 11.5 Å². The predicted molar refractivity (Wildman–Crippen MR) is 163 cm³/mol. The number of benzene rings is 2. The maximum Gasteiger partial charge on any atom is 0.353 e. The van der Waals surface area contributed by atoms with Crippen LogP contribution in [0.3, 0.4) is 0 Å². The van der Waals surface area contributed by atoms with E-state index in [4.69, 9.17) is 24.1 Å². The van der Waals surface area contributed by atoms with Crippen molar-refractivity contribution in [1.82, 2.24) is 4.90 Å². The van der Waals surface area contributed by atoms with E-state index in [1.54, 1.807) is 18.2 Å². The van der Waals surface area contributed by atoms with Crippen molar-refractivity contribution >= 4 is 29.8 Å². The van der Waals surface area contributed by atoms with Gasteiger partial charge < -0.3 is 49.4 Å². The fourth-order valence-electron chi connectivity index (χ4n) is 7.66. The molecule has 260 valence electrons. The zero-order valence-corrected chi connectivity index (χ0v) is 26.3. The lowest BCUT2D eigenvalue weighted by Crippen LogP contribution is -2.74. The third kappa shape index (κ3) is 5.71. The summed E-state index contributed by atoms with van der Waals surface area (Å²) < 4.78 is 22.1. The zero-order valence-electron chi connectivity index (χ0n) is 26.3. The van der Waals surface area contributed by atoms with Gasteiger partial charge in [0.05, 0.1) is 30.5 Å². The molecule has 2 heterocycles. The summed E-state index contributed by atoms with van der Waals surface area (Å²) in [5.41, 5.74) is 0.0337. The Morgan fingerprint density at radius 3 is 2.43 bits per heavy atom. The third-order valence-corrected chi connectivity index (χ3v) is 9.93. The molecule has 6 rings (SSSR count). The molecule has 0 saturated carbocycles. The highest BCUT2D eigenvalue weighted by Crippen LogP contribution is 2.64. The minimum Gasteiger partial charge on any atom is -0.481 e. The van der Waals surface area contributed by atoms with Crippen LogP contribution in [0.4, 0.5) is 0 Å². The van der Waals surface area contributed by atoms with Crippen molar-refractivity contribution in [2.45, 2.75) is 80.2 Å². The topological polar surface area (TPSA) is 227 Å². The van der Waals surface area contributed by atoms with E-state index >= 15 is 0 Å². The highest BCUT2D eigenvalue weighted by atomic mass is 16.6. The van der Waals surface area contributed by atoms with E-state index in [1.807, 2.05) is 13.1 Å². The third-order valence-electron chi connectivity index (χ3n) is 9.93. The Balaban J connectivity index is 1.18. The van der Waals surface area contributed by atoms with E-state index in [0.29, 0.717) is 30.7 Å². The molecule has 1 spiro atoms. The van der Waals surface area contributed by atoms with Gasteiger partial charge in [0, 0.05) is 29.2 Å². The summed E-state index contributed by atoms with van der Waals surface area (Å²) in [6, 6.07) is 10.7. The van der Waals surface area contributed by atoms with E-state index in [1.165, 1.54) is 24.3 Å². The van der Waals surface area contributed by atoms with Crippen molar-refractivity contribution in [1.29, 1.82) is 0 Å². The van der Waals surface area contributed by atoms with Gasteiger partial charge in [-0.05, 0) is 38.1 Å². The number of nitrogens with zero attached hydrogens (tertiary/aromatic N) is 1. The van der Waals surface area contributed by atoms with Crippen LogP contribution in [0, 0.1) is 0 Å². The molecule has 0 unspecified atom stereocenters. The normalized spacial score (nSPS) is 26.6. The van der Waals surface area contributed by atoms with Gasteiger partial charge in [0.2, 0.25) is 12.2 Å². The standard InChI is InChI=1S/C34H35NO14/c1-35-12-11-33-26-18-7-8-19(16-36)27(26)48-29(33)21(9-10-34(33,45)23(35)13-18)46-25(40)14-20(37)31(43)49-28(17-5-3-2-4-6-17)32(44)47-22(30(41)42)15-24(38)39/h2-9,20,22-23,28-29,36-37,45H,10-16H2,1H3,(H,38,39)(H,41,42)/t20-,22+,23+,28-,29-,33-,34+/m0/s1. The van der Waals surface area contributed by atoms with Crippen LogP contribution >= 0.6 is 0 Å². The number of aliphatic carboxylic acids is 2. The quantitative estimate of drug-likeness (QED) is 0.152. The first-order chi connectivity index (χ1) is 23.3. The van der Waals surface area contributed by atoms with Crippen LogP contribution in [-0.4, -0.2) is 104 Å². The average Bonchev–Trinajstić information content (AvgIpc) is 3.42. The van der Waals surface area contributed by atoms with Gasteiger partial charge in [-0.3, -0.25) is 9.59 Å². The highest BCUT2D eigenvalue weighted by Gasteiger charge is 2.71. The fourth-order valence-corrected chi connectivity index (χ4v) is 7.66. The van der Waals surface area contributed by atoms with Gasteiger partial charge in [-0.25, -0.2) is 14.4 Å². The van der Waals surface area contributed by atoms with Crippen LogP contribution in [0.5, 0.6) is 5.75 Å². The summed E-state index contributed by atoms with van der Waals surface area (Å²) in [7, 11) is 1.94. The molecule has 5 N–H and O–H groups in total. The predicted octanol–water partition coefficient (Wildman–Crippen LogP) is 0.506. The number of rotatable bonds is 12. The molecular weight excluding hydrogens is 646 g/mol. The van der Waals surface area contributed by atoms with Gasteiger partial charge >= 0.3 is 29.8 Å². The number of carbonyl (C=O) groups is 5. The number of hydrogen-bond acceptors (Lipinski definition) is 13. The SMILES string of the molecule is CN1CC[C@]23c4c5ccc(CO)c4O[C@H]2C(OC(=O)C[C@H](O)C(=O)O[C@H](C(=O)O[C@H](CC(=O)O)C(=O)O)c2ccccc2)=CC[C@@]3(O)[C@H]1C5. The van der Waals surface area contributed by atoms with Crippen LogP contribution in [0.2, 0.25) is 0 Å². The lowest BCUT2D eigenvalue weighted by atomic mass is 9.50. The number of esters is 3. The number of hydrogen-bond donors (Lipinski definition) is 5. The minimum absolute atomic E-state index is 0.0256. The maximum absolute atomic E-state index is 13.2.